The molecule has 0 fully saturated rings. The van der Waals surface area contributed by atoms with Gasteiger partial charge in [0.25, 0.3) is 0 Å². The van der Waals surface area contributed by atoms with E-state index in [1.54, 1.807) is 0 Å². The molecule has 0 N–H and O–H groups in total. The predicted molar refractivity (Wildman–Crippen MR) is 65.8 cm³/mol. The lowest BCUT2D eigenvalue weighted by molar-refractivity contribution is 0.214. The monoisotopic (exact) mass is 206 g/mol. The van der Waals surface area contributed by atoms with E-state index in [0.29, 0.717) is 6.10 Å². The molecule has 84 valence electrons. The zero-order valence-electron chi connectivity index (χ0n) is 10.8. The molecule has 1 aromatic rings. The Hall–Kier alpha value is -0.980. The number of benzene rings is 1. The van der Waals surface area contributed by atoms with Crippen LogP contribution in [-0.4, -0.2) is 6.10 Å². The quantitative estimate of drug-likeness (QED) is 0.723. The molecule has 0 aliphatic carbocycles. The van der Waals surface area contributed by atoms with Crippen LogP contribution in [0.4, 0.5) is 0 Å². The van der Waals surface area contributed by atoms with Crippen LogP contribution in [-0.2, 0) is 0 Å². The van der Waals surface area contributed by atoms with Gasteiger partial charge in [-0.1, -0.05) is 13.0 Å². The van der Waals surface area contributed by atoms with Gasteiger partial charge in [0.05, 0.1) is 6.10 Å². The highest BCUT2D eigenvalue weighted by atomic mass is 16.5. The van der Waals surface area contributed by atoms with Crippen molar-refractivity contribution in [3.63, 3.8) is 0 Å². The van der Waals surface area contributed by atoms with Crippen molar-refractivity contribution in [3.05, 3.63) is 28.3 Å². The van der Waals surface area contributed by atoms with Crippen molar-refractivity contribution in [2.45, 2.75) is 54.1 Å². The van der Waals surface area contributed by atoms with Crippen molar-refractivity contribution in [2.24, 2.45) is 0 Å². The minimum Gasteiger partial charge on any atom is -0.490 e. The molecule has 0 spiro atoms. The van der Waals surface area contributed by atoms with Crippen LogP contribution >= 0.6 is 0 Å². The van der Waals surface area contributed by atoms with Gasteiger partial charge in [0, 0.05) is 0 Å². The SMILES string of the molecule is CC[C@H](C)Oc1c(C)c(C)cc(C)c1C. The van der Waals surface area contributed by atoms with Crippen LogP contribution in [0.3, 0.4) is 0 Å². The summed E-state index contributed by atoms with van der Waals surface area (Å²) in [4.78, 5) is 0. The topological polar surface area (TPSA) is 9.23 Å². The normalized spacial score (nSPS) is 12.7. The molecule has 0 saturated carbocycles. The number of hydrogen-bond donors (Lipinski definition) is 0. The molecule has 1 aromatic carbocycles. The van der Waals surface area contributed by atoms with Crippen molar-refractivity contribution in [1.82, 2.24) is 0 Å². The highest BCUT2D eigenvalue weighted by molar-refractivity contribution is 5.48. The van der Waals surface area contributed by atoms with E-state index in [2.05, 4.69) is 47.6 Å². The van der Waals surface area contributed by atoms with E-state index in [4.69, 9.17) is 4.74 Å². The third-order valence-corrected chi connectivity index (χ3v) is 3.19. The van der Waals surface area contributed by atoms with Crippen LogP contribution in [0.2, 0.25) is 0 Å². The van der Waals surface area contributed by atoms with Gasteiger partial charge >= 0.3 is 0 Å². The molecule has 0 radical (unpaired) electrons. The van der Waals surface area contributed by atoms with Gasteiger partial charge in [-0.3, -0.25) is 0 Å². The van der Waals surface area contributed by atoms with Crippen molar-refractivity contribution in [2.75, 3.05) is 0 Å². The van der Waals surface area contributed by atoms with Gasteiger partial charge in [-0.15, -0.1) is 0 Å². The molecule has 0 amide bonds. The van der Waals surface area contributed by atoms with E-state index in [1.165, 1.54) is 22.3 Å². The second-order valence-corrected chi connectivity index (χ2v) is 4.43. The zero-order valence-corrected chi connectivity index (χ0v) is 10.8. The Morgan fingerprint density at radius 2 is 1.53 bits per heavy atom. The average molecular weight is 206 g/mol. The maximum absolute atomic E-state index is 5.99. The first-order valence-corrected chi connectivity index (χ1v) is 5.71. The Morgan fingerprint density at radius 3 is 1.93 bits per heavy atom. The fourth-order valence-electron chi connectivity index (χ4n) is 1.64. The lowest BCUT2D eigenvalue weighted by Crippen LogP contribution is -2.12. The van der Waals surface area contributed by atoms with Crippen molar-refractivity contribution >= 4 is 0 Å². The maximum atomic E-state index is 5.99. The van der Waals surface area contributed by atoms with Crippen LogP contribution in [0.1, 0.15) is 42.5 Å². The number of ether oxygens (including phenoxy) is 1. The van der Waals surface area contributed by atoms with Gasteiger partial charge in [-0.25, -0.2) is 0 Å². The van der Waals surface area contributed by atoms with E-state index in [1.807, 2.05) is 0 Å². The Labute approximate surface area is 93.5 Å². The first-order chi connectivity index (χ1) is 6.97. The smallest absolute Gasteiger partial charge is 0.126 e. The van der Waals surface area contributed by atoms with Gasteiger partial charge in [0.15, 0.2) is 0 Å². The zero-order chi connectivity index (χ0) is 11.6. The predicted octanol–water partition coefficient (Wildman–Crippen LogP) is 4.10. The van der Waals surface area contributed by atoms with E-state index >= 15 is 0 Å². The molecular weight excluding hydrogens is 184 g/mol. The first kappa shape index (κ1) is 12.1. The summed E-state index contributed by atoms with van der Waals surface area (Å²) in [5.74, 6) is 1.09. The first-order valence-electron chi connectivity index (χ1n) is 5.71. The van der Waals surface area contributed by atoms with Crippen LogP contribution in [0.5, 0.6) is 5.75 Å². The molecule has 0 unspecified atom stereocenters. The number of hydrogen-bond acceptors (Lipinski definition) is 1. The Morgan fingerprint density at radius 1 is 1.07 bits per heavy atom. The molecule has 0 aliphatic rings. The summed E-state index contributed by atoms with van der Waals surface area (Å²) in [5, 5.41) is 0. The molecule has 0 saturated heterocycles. The molecule has 0 heterocycles. The summed E-state index contributed by atoms with van der Waals surface area (Å²) in [6, 6.07) is 2.23. The molecular formula is C14H22O. The third kappa shape index (κ3) is 2.53. The summed E-state index contributed by atoms with van der Waals surface area (Å²) in [5.41, 5.74) is 5.18. The standard InChI is InChI=1S/C14H22O/c1-7-11(4)15-14-12(5)9(2)8-10(3)13(14)6/h8,11H,7H2,1-6H3/t11-/m0/s1. The molecule has 1 atom stereocenters. The second kappa shape index (κ2) is 4.69. The Bertz CT molecular complexity index is 327. The van der Waals surface area contributed by atoms with E-state index in [9.17, 15) is 0 Å². The molecule has 1 rings (SSSR count). The molecule has 15 heavy (non-hydrogen) atoms. The summed E-state index contributed by atoms with van der Waals surface area (Å²) in [6.45, 7) is 12.8. The van der Waals surface area contributed by atoms with Gasteiger partial charge in [-0.2, -0.15) is 0 Å². The van der Waals surface area contributed by atoms with Gasteiger partial charge in [-0.05, 0) is 63.3 Å². The lowest BCUT2D eigenvalue weighted by atomic mass is 10.00. The summed E-state index contributed by atoms with van der Waals surface area (Å²) >= 11 is 0. The van der Waals surface area contributed by atoms with E-state index in [-0.39, 0.29) is 0 Å². The fraction of sp³-hybridized carbons (Fsp3) is 0.571. The van der Waals surface area contributed by atoms with Crippen LogP contribution in [0.15, 0.2) is 6.07 Å². The van der Waals surface area contributed by atoms with Gasteiger partial charge < -0.3 is 4.74 Å². The van der Waals surface area contributed by atoms with Gasteiger partial charge in [0.2, 0.25) is 0 Å². The average Bonchev–Trinajstić information content (AvgIpc) is 2.21. The third-order valence-electron chi connectivity index (χ3n) is 3.19. The summed E-state index contributed by atoms with van der Waals surface area (Å²) < 4.78 is 5.99. The highest BCUT2D eigenvalue weighted by Gasteiger charge is 2.11. The second-order valence-electron chi connectivity index (χ2n) is 4.43. The van der Waals surface area contributed by atoms with Gasteiger partial charge in [0.1, 0.15) is 5.75 Å². The number of aryl methyl sites for hydroxylation is 2. The van der Waals surface area contributed by atoms with Crippen LogP contribution < -0.4 is 4.74 Å². The number of rotatable bonds is 3. The molecule has 1 heteroatoms. The molecule has 0 aromatic heterocycles. The van der Waals surface area contributed by atoms with Crippen LogP contribution in [0.25, 0.3) is 0 Å². The molecule has 1 nitrogen and oxygen atoms in total. The molecule has 0 bridgehead atoms. The van der Waals surface area contributed by atoms with E-state index < -0.39 is 0 Å². The Balaban J connectivity index is 3.15. The maximum Gasteiger partial charge on any atom is 0.126 e. The van der Waals surface area contributed by atoms with E-state index in [0.717, 1.165) is 12.2 Å². The highest BCUT2D eigenvalue weighted by Crippen LogP contribution is 2.29. The fourth-order valence-corrected chi connectivity index (χ4v) is 1.64. The van der Waals surface area contributed by atoms with Crippen molar-refractivity contribution in [3.8, 4) is 5.75 Å². The molecule has 0 aliphatic heterocycles. The largest absolute Gasteiger partial charge is 0.490 e. The van der Waals surface area contributed by atoms with Crippen LogP contribution in [0, 0.1) is 27.7 Å². The summed E-state index contributed by atoms with van der Waals surface area (Å²) in [7, 11) is 0. The van der Waals surface area contributed by atoms with Crippen molar-refractivity contribution < 1.29 is 4.74 Å². The lowest BCUT2D eigenvalue weighted by Gasteiger charge is -2.19. The Kier molecular flexibility index (Phi) is 3.78. The van der Waals surface area contributed by atoms with Crippen molar-refractivity contribution in [1.29, 1.82) is 0 Å². The summed E-state index contributed by atoms with van der Waals surface area (Å²) in [6.07, 6.45) is 1.34. The minimum atomic E-state index is 0.295. The minimum absolute atomic E-state index is 0.295.